The van der Waals surface area contributed by atoms with Gasteiger partial charge in [-0.05, 0) is 39.8 Å². The molecular formula is C13H19N5O3S. The van der Waals surface area contributed by atoms with E-state index < -0.39 is 10.0 Å². The van der Waals surface area contributed by atoms with Gasteiger partial charge in [0.25, 0.3) is 10.0 Å². The van der Waals surface area contributed by atoms with Crippen molar-refractivity contribution >= 4 is 21.7 Å². The number of nitrogens with zero attached hydrogens (tertiary/aromatic N) is 4. The molecule has 0 atom stereocenters. The molecule has 2 heterocycles. The summed E-state index contributed by atoms with van der Waals surface area (Å²) < 4.78 is 32.0. The SMILES string of the molecule is CCN(CC)c1ccc(NS(=O)(=O)c2c(C)noc2C)nn1. The standard InChI is InChI=1S/C13H19N5O3S/c1-5-18(6-2)12-8-7-11(14-15-12)17-22(19,20)13-9(3)16-21-10(13)4/h7-8H,5-6H2,1-4H3,(H,14,17). The molecule has 9 heteroatoms. The molecule has 0 saturated heterocycles. The van der Waals surface area contributed by atoms with Gasteiger partial charge in [0.05, 0.1) is 0 Å². The summed E-state index contributed by atoms with van der Waals surface area (Å²) in [6, 6.07) is 3.31. The van der Waals surface area contributed by atoms with Crippen molar-refractivity contribution in [2.24, 2.45) is 0 Å². The van der Waals surface area contributed by atoms with Crippen molar-refractivity contribution in [2.75, 3.05) is 22.7 Å². The lowest BCUT2D eigenvalue weighted by Crippen LogP contribution is -2.23. The summed E-state index contributed by atoms with van der Waals surface area (Å²) in [6.07, 6.45) is 0. The highest BCUT2D eigenvalue weighted by molar-refractivity contribution is 7.92. The number of aromatic nitrogens is 3. The number of nitrogens with one attached hydrogen (secondary N) is 1. The highest BCUT2D eigenvalue weighted by atomic mass is 32.2. The van der Waals surface area contributed by atoms with Gasteiger partial charge in [-0.1, -0.05) is 5.16 Å². The van der Waals surface area contributed by atoms with Gasteiger partial charge in [0, 0.05) is 13.1 Å². The maximum absolute atomic E-state index is 12.3. The van der Waals surface area contributed by atoms with Crippen molar-refractivity contribution in [2.45, 2.75) is 32.6 Å². The minimum atomic E-state index is -3.80. The molecule has 0 fully saturated rings. The fraction of sp³-hybridized carbons (Fsp3) is 0.462. The van der Waals surface area contributed by atoms with Crippen molar-refractivity contribution < 1.29 is 12.9 Å². The summed E-state index contributed by atoms with van der Waals surface area (Å²) in [5, 5.41) is 11.6. The lowest BCUT2D eigenvalue weighted by atomic mass is 10.4. The second-order valence-electron chi connectivity index (χ2n) is 4.71. The molecule has 2 rings (SSSR count). The third-order valence-electron chi connectivity index (χ3n) is 3.21. The Bertz CT molecular complexity index is 716. The molecule has 22 heavy (non-hydrogen) atoms. The summed E-state index contributed by atoms with van der Waals surface area (Å²) in [6.45, 7) is 8.74. The van der Waals surface area contributed by atoms with Gasteiger partial charge < -0.3 is 9.42 Å². The van der Waals surface area contributed by atoms with Crippen LogP contribution in [0.5, 0.6) is 0 Å². The van der Waals surface area contributed by atoms with E-state index in [9.17, 15) is 8.42 Å². The van der Waals surface area contributed by atoms with E-state index in [1.807, 2.05) is 18.7 Å². The average molecular weight is 325 g/mol. The third-order valence-corrected chi connectivity index (χ3v) is 4.81. The van der Waals surface area contributed by atoms with E-state index >= 15 is 0 Å². The quantitative estimate of drug-likeness (QED) is 0.863. The Balaban J connectivity index is 2.24. The molecule has 2 aromatic rings. The predicted octanol–water partition coefficient (Wildman–Crippen LogP) is 1.73. The lowest BCUT2D eigenvalue weighted by molar-refractivity contribution is 0.390. The molecule has 1 N–H and O–H groups in total. The van der Waals surface area contributed by atoms with Gasteiger partial charge in [0.2, 0.25) is 0 Å². The summed E-state index contributed by atoms with van der Waals surface area (Å²) in [5.74, 6) is 1.08. The molecule has 0 amide bonds. The Morgan fingerprint density at radius 1 is 1.18 bits per heavy atom. The van der Waals surface area contributed by atoms with Crippen LogP contribution in [-0.4, -0.2) is 36.9 Å². The summed E-state index contributed by atoms with van der Waals surface area (Å²) in [5.41, 5.74) is 0.303. The molecule has 0 radical (unpaired) electrons. The minimum absolute atomic E-state index is 0.0297. The molecule has 8 nitrogen and oxygen atoms in total. The number of hydrogen-bond acceptors (Lipinski definition) is 7. The first kappa shape index (κ1) is 16.2. The van der Waals surface area contributed by atoms with Gasteiger partial charge in [0.15, 0.2) is 22.3 Å². The van der Waals surface area contributed by atoms with Crippen LogP contribution in [0.25, 0.3) is 0 Å². The highest BCUT2D eigenvalue weighted by Crippen LogP contribution is 2.21. The van der Waals surface area contributed by atoms with Crippen molar-refractivity contribution in [1.29, 1.82) is 0 Å². The highest BCUT2D eigenvalue weighted by Gasteiger charge is 2.24. The summed E-state index contributed by atoms with van der Waals surface area (Å²) in [7, 11) is -3.80. The van der Waals surface area contributed by atoms with Crippen LogP contribution in [0.2, 0.25) is 0 Å². The van der Waals surface area contributed by atoms with Crippen molar-refractivity contribution in [3.05, 3.63) is 23.6 Å². The van der Waals surface area contributed by atoms with Gasteiger partial charge in [-0.15, -0.1) is 10.2 Å². The number of aryl methyl sites for hydroxylation is 2. The molecule has 0 aliphatic rings. The van der Waals surface area contributed by atoms with Crippen LogP contribution < -0.4 is 9.62 Å². The molecule has 0 bridgehead atoms. The van der Waals surface area contributed by atoms with Gasteiger partial charge in [-0.25, -0.2) is 8.42 Å². The molecule has 0 aliphatic carbocycles. The van der Waals surface area contributed by atoms with E-state index in [-0.39, 0.29) is 16.5 Å². The first-order valence-corrected chi connectivity index (χ1v) is 8.41. The monoisotopic (exact) mass is 325 g/mol. The van der Waals surface area contributed by atoms with E-state index in [1.54, 1.807) is 26.0 Å². The largest absolute Gasteiger partial charge is 0.360 e. The molecule has 0 spiro atoms. The summed E-state index contributed by atoms with van der Waals surface area (Å²) >= 11 is 0. The van der Waals surface area contributed by atoms with E-state index in [2.05, 4.69) is 20.1 Å². The fourth-order valence-corrected chi connectivity index (χ4v) is 3.47. The zero-order valence-electron chi connectivity index (χ0n) is 13.0. The second kappa shape index (κ2) is 6.30. The molecular weight excluding hydrogens is 306 g/mol. The number of sulfonamides is 1. The Morgan fingerprint density at radius 3 is 2.32 bits per heavy atom. The average Bonchev–Trinajstić information content (AvgIpc) is 2.81. The van der Waals surface area contributed by atoms with Crippen molar-refractivity contribution in [3.8, 4) is 0 Å². The van der Waals surface area contributed by atoms with Crippen LogP contribution in [0.3, 0.4) is 0 Å². The van der Waals surface area contributed by atoms with Crippen LogP contribution in [0, 0.1) is 13.8 Å². The predicted molar refractivity (Wildman–Crippen MR) is 82.4 cm³/mol. The maximum atomic E-state index is 12.3. The van der Waals surface area contributed by atoms with Crippen LogP contribution >= 0.6 is 0 Å². The third kappa shape index (κ3) is 3.19. The summed E-state index contributed by atoms with van der Waals surface area (Å²) in [4.78, 5) is 2.04. The second-order valence-corrected chi connectivity index (χ2v) is 6.33. The van der Waals surface area contributed by atoms with Crippen LogP contribution in [0.4, 0.5) is 11.6 Å². The van der Waals surface area contributed by atoms with Crippen LogP contribution in [0.15, 0.2) is 21.6 Å². The topological polar surface area (TPSA) is 101 Å². The minimum Gasteiger partial charge on any atom is -0.360 e. The van der Waals surface area contributed by atoms with Gasteiger partial charge in [-0.3, -0.25) is 4.72 Å². The molecule has 0 saturated carbocycles. The van der Waals surface area contributed by atoms with Gasteiger partial charge >= 0.3 is 0 Å². The Kier molecular flexibility index (Phi) is 4.65. The number of rotatable bonds is 6. The number of anilines is 2. The van der Waals surface area contributed by atoms with E-state index in [0.29, 0.717) is 11.5 Å². The molecule has 0 aromatic carbocycles. The van der Waals surface area contributed by atoms with Crippen molar-refractivity contribution in [1.82, 2.24) is 15.4 Å². The zero-order chi connectivity index (χ0) is 16.3. The van der Waals surface area contributed by atoms with Gasteiger partial charge in [0.1, 0.15) is 5.69 Å². The molecule has 0 aliphatic heterocycles. The van der Waals surface area contributed by atoms with Crippen molar-refractivity contribution in [3.63, 3.8) is 0 Å². The Morgan fingerprint density at radius 2 is 1.86 bits per heavy atom. The Hall–Kier alpha value is -2.16. The fourth-order valence-electron chi connectivity index (χ4n) is 2.14. The van der Waals surface area contributed by atoms with Gasteiger partial charge in [-0.2, -0.15) is 0 Å². The van der Waals surface area contributed by atoms with Crippen LogP contribution in [-0.2, 0) is 10.0 Å². The van der Waals surface area contributed by atoms with E-state index in [4.69, 9.17) is 4.52 Å². The van der Waals surface area contributed by atoms with E-state index in [1.165, 1.54) is 0 Å². The van der Waals surface area contributed by atoms with Crippen LogP contribution in [0.1, 0.15) is 25.3 Å². The molecule has 0 unspecified atom stereocenters. The zero-order valence-corrected chi connectivity index (χ0v) is 13.8. The maximum Gasteiger partial charge on any atom is 0.268 e. The smallest absolute Gasteiger partial charge is 0.268 e. The molecule has 2 aromatic heterocycles. The number of hydrogen-bond donors (Lipinski definition) is 1. The Labute approximate surface area is 129 Å². The normalized spacial score (nSPS) is 11.5. The lowest BCUT2D eigenvalue weighted by Gasteiger charge is -2.18. The first-order valence-electron chi connectivity index (χ1n) is 6.93. The molecule has 120 valence electrons. The first-order chi connectivity index (χ1) is 10.4. The van der Waals surface area contributed by atoms with E-state index in [0.717, 1.165) is 13.1 Å².